The van der Waals surface area contributed by atoms with Gasteiger partial charge in [-0.1, -0.05) is 30.3 Å². The summed E-state index contributed by atoms with van der Waals surface area (Å²) in [5.41, 5.74) is 6.36. The molecule has 4 heteroatoms. The molecule has 0 radical (unpaired) electrons. The standard InChI is InChI=1S/C14H12FNO2/c15-12-8-11(6-7-13(12)16)14(17)18-9-10-4-2-1-3-5-10/h1-8H,9,16H2. The molecule has 2 N–H and O–H groups in total. The van der Waals surface area contributed by atoms with Crippen molar-refractivity contribution in [2.75, 3.05) is 5.73 Å². The average molecular weight is 245 g/mol. The predicted molar refractivity (Wildman–Crippen MR) is 66.4 cm³/mol. The highest BCUT2D eigenvalue weighted by atomic mass is 19.1. The van der Waals surface area contributed by atoms with Gasteiger partial charge in [-0.2, -0.15) is 0 Å². The second-order valence-corrected chi connectivity index (χ2v) is 3.80. The first kappa shape index (κ1) is 12.1. The maximum atomic E-state index is 13.2. The molecule has 0 aromatic heterocycles. The van der Waals surface area contributed by atoms with E-state index in [1.54, 1.807) is 0 Å². The topological polar surface area (TPSA) is 52.3 Å². The summed E-state index contributed by atoms with van der Waals surface area (Å²) in [6.07, 6.45) is 0. The Morgan fingerprint density at radius 3 is 2.56 bits per heavy atom. The summed E-state index contributed by atoms with van der Waals surface area (Å²) >= 11 is 0. The van der Waals surface area contributed by atoms with Gasteiger partial charge in [0, 0.05) is 0 Å². The Bertz CT molecular complexity index is 555. The second kappa shape index (κ2) is 5.31. The Kier molecular flexibility index (Phi) is 3.57. The molecule has 2 aromatic rings. The van der Waals surface area contributed by atoms with Gasteiger partial charge >= 0.3 is 5.97 Å². The molecule has 0 heterocycles. The number of benzene rings is 2. The predicted octanol–water partition coefficient (Wildman–Crippen LogP) is 2.76. The van der Waals surface area contributed by atoms with Gasteiger partial charge in [0.05, 0.1) is 11.3 Å². The van der Waals surface area contributed by atoms with Crippen molar-refractivity contribution in [3.8, 4) is 0 Å². The molecule has 0 aliphatic rings. The quantitative estimate of drug-likeness (QED) is 0.668. The van der Waals surface area contributed by atoms with E-state index in [0.29, 0.717) is 0 Å². The molecule has 0 saturated heterocycles. The highest BCUT2D eigenvalue weighted by Crippen LogP contribution is 2.13. The molecule has 2 rings (SSSR count). The minimum Gasteiger partial charge on any atom is -0.457 e. The molecular formula is C14H12FNO2. The molecule has 3 nitrogen and oxygen atoms in total. The van der Waals surface area contributed by atoms with E-state index in [9.17, 15) is 9.18 Å². The number of ether oxygens (including phenoxy) is 1. The molecular weight excluding hydrogens is 233 g/mol. The van der Waals surface area contributed by atoms with E-state index in [-0.39, 0.29) is 17.9 Å². The number of hydrogen-bond acceptors (Lipinski definition) is 3. The van der Waals surface area contributed by atoms with Gasteiger partial charge in [0.15, 0.2) is 0 Å². The van der Waals surface area contributed by atoms with E-state index < -0.39 is 11.8 Å². The first-order chi connectivity index (χ1) is 8.66. The molecule has 0 aliphatic heterocycles. The second-order valence-electron chi connectivity index (χ2n) is 3.80. The van der Waals surface area contributed by atoms with Crippen LogP contribution in [-0.2, 0) is 11.3 Å². The van der Waals surface area contributed by atoms with Crippen LogP contribution >= 0.6 is 0 Å². The molecule has 0 bridgehead atoms. The van der Waals surface area contributed by atoms with Gasteiger partial charge in [-0.3, -0.25) is 0 Å². The number of rotatable bonds is 3. The Balaban J connectivity index is 2.02. The molecule has 0 saturated carbocycles. The molecule has 0 unspecified atom stereocenters. The molecule has 0 atom stereocenters. The van der Waals surface area contributed by atoms with Crippen LogP contribution in [0.25, 0.3) is 0 Å². The third-order valence-electron chi connectivity index (χ3n) is 2.45. The fraction of sp³-hybridized carbons (Fsp3) is 0.0714. The summed E-state index contributed by atoms with van der Waals surface area (Å²) in [5, 5.41) is 0. The Hall–Kier alpha value is -2.36. The van der Waals surface area contributed by atoms with Gasteiger partial charge in [0.25, 0.3) is 0 Å². The van der Waals surface area contributed by atoms with E-state index in [0.717, 1.165) is 11.6 Å². The number of esters is 1. The first-order valence-corrected chi connectivity index (χ1v) is 5.43. The van der Waals surface area contributed by atoms with Crippen molar-refractivity contribution in [2.24, 2.45) is 0 Å². The average Bonchev–Trinajstić information content (AvgIpc) is 2.40. The lowest BCUT2D eigenvalue weighted by Crippen LogP contribution is -2.06. The number of nitrogens with two attached hydrogens (primary N) is 1. The number of carbonyl (C=O) groups is 1. The lowest BCUT2D eigenvalue weighted by molar-refractivity contribution is 0.0472. The van der Waals surface area contributed by atoms with E-state index in [1.165, 1.54) is 12.1 Å². The molecule has 18 heavy (non-hydrogen) atoms. The third-order valence-corrected chi connectivity index (χ3v) is 2.45. The fourth-order valence-electron chi connectivity index (χ4n) is 1.46. The lowest BCUT2D eigenvalue weighted by atomic mass is 10.2. The zero-order valence-electron chi connectivity index (χ0n) is 9.60. The van der Waals surface area contributed by atoms with Gasteiger partial charge in [-0.05, 0) is 23.8 Å². The molecule has 0 aliphatic carbocycles. The molecule has 0 fully saturated rings. The van der Waals surface area contributed by atoms with Crippen molar-refractivity contribution in [2.45, 2.75) is 6.61 Å². The van der Waals surface area contributed by atoms with E-state index in [1.807, 2.05) is 30.3 Å². The number of carbonyl (C=O) groups excluding carboxylic acids is 1. The number of nitrogen functional groups attached to an aromatic ring is 1. The van der Waals surface area contributed by atoms with Crippen molar-refractivity contribution in [3.63, 3.8) is 0 Å². The van der Waals surface area contributed by atoms with Crippen molar-refractivity contribution in [1.29, 1.82) is 0 Å². The molecule has 2 aromatic carbocycles. The van der Waals surface area contributed by atoms with Crippen molar-refractivity contribution in [1.82, 2.24) is 0 Å². The maximum Gasteiger partial charge on any atom is 0.338 e. The number of halogens is 1. The van der Waals surface area contributed by atoms with E-state index in [2.05, 4.69) is 0 Å². The Morgan fingerprint density at radius 1 is 1.17 bits per heavy atom. The van der Waals surface area contributed by atoms with Crippen molar-refractivity contribution >= 4 is 11.7 Å². The largest absolute Gasteiger partial charge is 0.457 e. The monoisotopic (exact) mass is 245 g/mol. The van der Waals surface area contributed by atoms with Crippen molar-refractivity contribution in [3.05, 3.63) is 65.5 Å². The van der Waals surface area contributed by atoms with E-state index >= 15 is 0 Å². The van der Waals surface area contributed by atoms with Gasteiger partial charge in [0.1, 0.15) is 12.4 Å². The van der Waals surface area contributed by atoms with Crippen LogP contribution in [0.1, 0.15) is 15.9 Å². The zero-order chi connectivity index (χ0) is 13.0. The van der Waals surface area contributed by atoms with Crippen LogP contribution in [0.3, 0.4) is 0 Å². The van der Waals surface area contributed by atoms with E-state index in [4.69, 9.17) is 10.5 Å². The van der Waals surface area contributed by atoms with Gasteiger partial charge in [-0.25, -0.2) is 9.18 Å². The van der Waals surface area contributed by atoms with Crippen LogP contribution in [0, 0.1) is 5.82 Å². The zero-order valence-corrected chi connectivity index (χ0v) is 9.60. The van der Waals surface area contributed by atoms with Gasteiger partial charge in [0.2, 0.25) is 0 Å². The van der Waals surface area contributed by atoms with Gasteiger partial charge in [-0.15, -0.1) is 0 Å². The highest BCUT2D eigenvalue weighted by Gasteiger charge is 2.09. The number of anilines is 1. The number of hydrogen-bond donors (Lipinski definition) is 1. The normalized spacial score (nSPS) is 10.1. The molecule has 0 spiro atoms. The van der Waals surface area contributed by atoms with Crippen LogP contribution in [0.2, 0.25) is 0 Å². The lowest BCUT2D eigenvalue weighted by Gasteiger charge is -2.05. The molecule has 92 valence electrons. The summed E-state index contributed by atoms with van der Waals surface area (Å²) < 4.78 is 18.2. The fourth-order valence-corrected chi connectivity index (χ4v) is 1.46. The maximum absolute atomic E-state index is 13.2. The molecule has 0 amide bonds. The Labute approximate surface area is 104 Å². The summed E-state index contributed by atoms with van der Waals surface area (Å²) in [4.78, 5) is 11.7. The van der Waals surface area contributed by atoms with Crippen molar-refractivity contribution < 1.29 is 13.9 Å². The van der Waals surface area contributed by atoms with Crippen LogP contribution in [0.4, 0.5) is 10.1 Å². The summed E-state index contributed by atoms with van der Waals surface area (Å²) in [7, 11) is 0. The smallest absolute Gasteiger partial charge is 0.338 e. The minimum absolute atomic E-state index is 0.00890. The highest BCUT2D eigenvalue weighted by molar-refractivity contribution is 5.89. The summed E-state index contributed by atoms with van der Waals surface area (Å²) in [6, 6.07) is 13.1. The third kappa shape index (κ3) is 2.85. The van der Waals surface area contributed by atoms with Gasteiger partial charge < -0.3 is 10.5 Å². The summed E-state index contributed by atoms with van der Waals surface area (Å²) in [6.45, 7) is 0.158. The van der Waals surface area contributed by atoms with Crippen LogP contribution < -0.4 is 5.73 Å². The Morgan fingerprint density at radius 2 is 1.89 bits per heavy atom. The van der Waals surface area contributed by atoms with Crippen LogP contribution in [0.15, 0.2) is 48.5 Å². The first-order valence-electron chi connectivity index (χ1n) is 5.43. The minimum atomic E-state index is -0.621. The van der Waals surface area contributed by atoms with Crippen LogP contribution in [-0.4, -0.2) is 5.97 Å². The SMILES string of the molecule is Nc1ccc(C(=O)OCc2ccccc2)cc1F. The summed E-state index contributed by atoms with van der Waals surface area (Å²) in [5.74, 6) is -1.19. The van der Waals surface area contributed by atoms with Crippen LogP contribution in [0.5, 0.6) is 0 Å².